The molecule has 1 saturated heterocycles. The average molecular weight is 419 g/mol. The minimum Gasteiger partial charge on any atom is -0.497 e. The Morgan fingerprint density at radius 3 is 2.55 bits per heavy atom. The molecule has 2 aromatic carbocycles. The molecule has 8 heteroatoms. The van der Waals surface area contributed by atoms with Gasteiger partial charge in [-0.2, -0.15) is 4.31 Å². The minimum absolute atomic E-state index is 0.0758. The van der Waals surface area contributed by atoms with Crippen LogP contribution < -0.4 is 14.8 Å². The SMILES string of the molecule is COc1ccc(OC)c(NC(=O)C[C@@H]2CCCCN2S(=O)(=O)c2ccccc2)c1. The monoisotopic (exact) mass is 418 g/mol. The van der Waals surface area contributed by atoms with Crippen LogP contribution in [0.15, 0.2) is 53.4 Å². The van der Waals surface area contributed by atoms with Gasteiger partial charge >= 0.3 is 0 Å². The zero-order chi connectivity index (χ0) is 20.9. The third-order valence-electron chi connectivity index (χ3n) is 5.02. The molecule has 0 bridgehead atoms. The molecule has 1 N–H and O–H groups in total. The van der Waals surface area contributed by atoms with Crippen LogP contribution in [0.1, 0.15) is 25.7 Å². The molecule has 1 aliphatic heterocycles. The van der Waals surface area contributed by atoms with Crippen molar-refractivity contribution in [3.8, 4) is 11.5 Å². The first kappa shape index (κ1) is 21.1. The van der Waals surface area contributed by atoms with Gasteiger partial charge in [0.15, 0.2) is 0 Å². The molecule has 0 spiro atoms. The third-order valence-corrected chi connectivity index (χ3v) is 6.99. The van der Waals surface area contributed by atoms with E-state index in [9.17, 15) is 13.2 Å². The highest BCUT2D eigenvalue weighted by atomic mass is 32.2. The summed E-state index contributed by atoms with van der Waals surface area (Å²) in [5.74, 6) is 0.834. The van der Waals surface area contributed by atoms with Gasteiger partial charge in [0, 0.05) is 25.1 Å². The second-order valence-corrected chi connectivity index (χ2v) is 8.79. The van der Waals surface area contributed by atoms with Crippen LogP contribution in [0.4, 0.5) is 5.69 Å². The summed E-state index contributed by atoms with van der Waals surface area (Å²) in [5, 5.41) is 2.83. The van der Waals surface area contributed by atoms with E-state index in [1.807, 2.05) is 0 Å². The van der Waals surface area contributed by atoms with Crippen molar-refractivity contribution in [1.29, 1.82) is 0 Å². The van der Waals surface area contributed by atoms with Gasteiger partial charge in [-0.05, 0) is 37.1 Å². The molecule has 0 aromatic heterocycles. The Bertz CT molecular complexity index is 947. The predicted molar refractivity (Wildman–Crippen MR) is 111 cm³/mol. The van der Waals surface area contributed by atoms with Gasteiger partial charge in [-0.3, -0.25) is 4.79 Å². The standard InChI is InChI=1S/C21H26N2O5S/c1-27-17-11-12-20(28-2)19(15-17)22-21(24)14-16-8-6-7-13-23(16)29(25,26)18-9-4-3-5-10-18/h3-5,9-12,15-16H,6-8,13-14H2,1-2H3,(H,22,24)/t16-/m0/s1. The first-order valence-corrected chi connectivity index (χ1v) is 11.0. The van der Waals surface area contributed by atoms with Crippen molar-refractivity contribution in [1.82, 2.24) is 4.31 Å². The number of sulfonamides is 1. The summed E-state index contributed by atoms with van der Waals surface area (Å²) in [6, 6.07) is 13.1. The van der Waals surface area contributed by atoms with Crippen molar-refractivity contribution >= 4 is 21.6 Å². The Morgan fingerprint density at radius 2 is 1.86 bits per heavy atom. The lowest BCUT2D eigenvalue weighted by Gasteiger charge is -2.34. The largest absolute Gasteiger partial charge is 0.497 e. The molecule has 1 heterocycles. The van der Waals surface area contributed by atoms with E-state index in [1.165, 1.54) is 11.4 Å². The number of rotatable bonds is 7. The third kappa shape index (κ3) is 4.89. The van der Waals surface area contributed by atoms with Gasteiger partial charge in [-0.1, -0.05) is 24.6 Å². The second-order valence-electron chi connectivity index (χ2n) is 6.90. The van der Waals surface area contributed by atoms with Crippen LogP contribution in [0, 0.1) is 0 Å². The number of hydrogen-bond donors (Lipinski definition) is 1. The predicted octanol–water partition coefficient (Wildman–Crippen LogP) is 3.28. The van der Waals surface area contributed by atoms with E-state index >= 15 is 0 Å². The topological polar surface area (TPSA) is 84.9 Å². The van der Waals surface area contributed by atoms with E-state index in [4.69, 9.17) is 9.47 Å². The van der Waals surface area contributed by atoms with Gasteiger partial charge in [0.05, 0.1) is 24.8 Å². The van der Waals surface area contributed by atoms with Crippen LogP contribution in [-0.4, -0.2) is 45.4 Å². The summed E-state index contributed by atoms with van der Waals surface area (Å²) in [7, 11) is -0.581. The quantitative estimate of drug-likeness (QED) is 0.746. The van der Waals surface area contributed by atoms with Gasteiger partial charge in [0.1, 0.15) is 11.5 Å². The molecule has 29 heavy (non-hydrogen) atoms. The lowest BCUT2D eigenvalue weighted by molar-refractivity contribution is -0.117. The van der Waals surface area contributed by atoms with Crippen molar-refractivity contribution in [2.75, 3.05) is 26.1 Å². The normalized spacial score (nSPS) is 17.5. The maximum Gasteiger partial charge on any atom is 0.243 e. The number of piperidine rings is 1. The van der Waals surface area contributed by atoms with Gasteiger partial charge in [0.2, 0.25) is 15.9 Å². The number of carbonyl (C=O) groups is 1. The van der Waals surface area contributed by atoms with Crippen LogP contribution in [0.2, 0.25) is 0 Å². The summed E-state index contributed by atoms with van der Waals surface area (Å²) >= 11 is 0. The van der Waals surface area contributed by atoms with Crippen LogP contribution in [0.25, 0.3) is 0 Å². The van der Waals surface area contributed by atoms with E-state index < -0.39 is 10.0 Å². The van der Waals surface area contributed by atoms with Crippen molar-refractivity contribution in [3.05, 3.63) is 48.5 Å². The molecule has 0 unspecified atom stereocenters. The first-order valence-electron chi connectivity index (χ1n) is 9.54. The number of hydrogen-bond acceptors (Lipinski definition) is 5. The van der Waals surface area contributed by atoms with Crippen LogP contribution in [0.5, 0.6) is 11.5 Å². The van der Waals surface area contributed by atoms with Crippen LogP contribution in [-0.2, 0) is 14.8 Å². The summed E-state index contributed by atoms with van der Waals surface area (Å²) in [6.07, 6.45) is 2.40. The summed E-state index contributed by atoms with van der Waals surface area (Å²) in [5.41, 5.74) is 0.491. The number of nitrogens with zero attached hydrogens (tertiary/aromatic N) is 1. The summed E-state index contributed by atoms with van der Waals surface area (Å²) < 4.78 is 38.1. The molecular weight excluding hydrogens is 392 g/mol. The summed E-state index contributed by atoms with van der Waals surface area (Å²) in [6.45, 7) is 0.414. The van der Waals surface area contributed by atoms with E-state index in [1.54, 1.807) is 55.6 Å². The van der Waals surface area contributed by atoms with Gasteiger partial charge in [-0.15, -0.1) is 0 Å². The van der Waals surface area contributed by atoms with Crippen molar-refractivity contribution < 1.29 is 22.7 Å². The molecule has 0 aliphatic carbocycles. The van der Waals surface area contributed by atoms with E-state index in [0.717, 1.165) is 12.8 Å². The number of amides is 1. The van der Waals surface area contributed by atoms with Gasteiger partial charge < -0.3 is 14.8 Å². The molecule has 1 fully saturated rings. The number of carbonyl (C=O) groups excluding carboxylic acids is 1. The fraction of sp³-hybridized carbons (Fsp3) is 0.381. The van der Waals surface area contributed by atoms with Crippen molar-refractivity contribution in [2.24, 2.45) is 0 Å². The Kier molecular flexibility index (Phi) is 6.76. The average Bonchev–Trinajstić information content (AvgIpc) is 2.74. The maximum absolute atomic E-state index is 13.1. The smallest absolute Gasteiger partial charge is 0.243 e. The number of anilines is 1. The Balaban J connectivity index is 1.76. The lowest BCUT2D eigenvalue weighted by Crippen LogP contribution is -2.45. The van der Waals surface area contributed by atoms with Gasteiger partial charge in [-0.25, -0.2) is 8.42 Å². The lowest BCUT2D eigenvalue weighted by atomic mass is 10.0. The fourth-order valence-electron chi connectivity index (χ4n) is 3.55. The molecule has 1 atom stereocenters. The van der Waals surface area contributed by atoms with E-state index in [2.05, 4.69) is 5.32 Å². The number of nitrogens with one attached hydrogen (secondary N) is 1. The van der Waals surface area contributed by atoms with Crippen LogP contribution >= 0.6 is 0 Å². The fourth-order valence-corrected chi connectivity index (χ4v) is 5.26. The zero-order valence-electron chi connectivity index (χ0n) is 16.6. The molecule has 156 valence electrons. The highest BCUT2D eigenvalue weighted by Gasteiger charge is 2.34. The molecule has 0 radical (unpaired) electrons. The highest BCUT2D eigenvalue weighted by molar-refractivity contribution is 7.89. The number of benzene rings is 2. The number of methoxy groups -OCH3 is 2. The minimum atomic E-state index is -3.64. The number of ether oxygens (including phenoxy) is 2. The zero-order valence-corrected chi connectivity index (χ0v) is 17.4. The van der Waals surface area contributed by atoms with Crippen LogP contribution in [0.3, 0.4) is 0 Å². The Labute approximate surface area is 171 Å². The molecule has 1 aliphatic rings. The highest BCUT2D eigenvalue weighted by Crippen LogP contribution is 2.31. The Hall–Kier alpha value is -2.58. The molecular formula is C21H26N2O5S. The Morgan fingerprint density at radius 1 is 1.10 bits per heavy atom. The molecule has 1 amide bonds. The maximum atomic E-state index is 13.1. The van der Waals surface area contributed by atoms with Crippen molar-refractivity contribution in [2.45, 2.75) is 36.6 Å². The molecule has 2 aromatic rings. The van der Waals surface area contributed by atoms with E-state index in [-0.39, 0.29) is 23.3 Å². The van der Waals surface area contributed by atoms with Crippen molar-refractivity contribution in [3.63, 3.8) is 0 Å². The molecule has 0 saturated carbocycles. The molecule has 7 nitrogen and oxygen atoms in total. The van der Waals surface area contributed by atoms with Gasteiger partial charge in [0.25, 0.3) is 0 Å². The first-order chi connectivity index (χ1) is 14.0. The summed E-state index contributed by atoms with van der Waals surface area (Å²) in [4.78, 5) is 13.0. The van der Waals surface area contributed by atoms with E-state index in [0.29, 0.717) is 30.2 Å². The molecule has 3 rings (SSSR count). The second kappa shape index (κ2) is 9.28.